The van der Waals surface area contributed by atoms with Gasteiger partial charge in [-0.1, -0.05) is 0 Å². The summed E-state index contributed by atoms with van der Waals surface area (Å²) in [6.07, 6.45) is -8.03. The van der Waals surface area contributed by atoms with E-state index in [1.165, 1.54) is 0 Å². The number of hydrogen-bond donors (Lipinski definition) is 3. The first kappa shape index (κ1) is 27.6. The fourth-order valence-corrected chi connectivity index (χ4v) is 3.54. The first-order chi connectivity index (χ1) is 16.7. The molecule has 1 aromatic heterocycles. The number of ether oxygens (including phenoxy) is 1. The molecule has 3 rings (SSSR count). The molecule has 0 radical (unpaired) electrons. The number of amides is 1. The molecule has 1 aliphatic heterocycles. The van der Waals surface area contributed by atoms with Crippen LogP contribution in [0.25, 0.3) is 17.6 Å². The van der Waals surface area contributed by atoms with Crippen molar-refractivity contribution in [2.75, 3.05) is 19.8 Å². The second kappa shape index (κ2) is 10.9. The monoisotopic (exact) mass is 522 g/mol. The van der Waals surface area contributed by atoms with Gasteiger partial charge in [0.2, 0.25) is 0 Å². The zero-order valence-corrected chi connectivity index (χ0v) is 19.1. The molecule has 2 aromatic rings. The lowest BCUT2D eigenvalue weighted by atomic mass is 10.0. The molecule has 9 nitrogen and oxygen atoms in total. The van der Waals surface area contributed by atoms with Crippen molar-refractivity contribution in [3.8, 4) is 11.4 Å². The lowest BCUT2D eigenvalue weighted by Gasteiger charge is -2.39. The van der Waals surface area contributed by atoms with Gasteiger partial charge < -0.3 is 9.84 Å². The molecule has 1 aliphatic rings. The lowest BCUT2D eigenvalue weighted by molar-refractivity contribution is -0.143. The van der Waals surface area contributed by atoms with E-state index in [2.05, 4.69) is 20.9 Å². The molecule has 1 aromatic carbocycles. The van der Waals surface area contributed by atoms with Crippen molar-refractivity contribution in [2.24, 2.45) is 0 Å². The van der Waals surface area contributed by atoms with Crippen LogP contribution in [0, 0.1) is 0 Å². The summed E-state index contributed by atoms with van der Waals surface area (Å²) in [5.41, 5.74) is 1.22. The lowest BCUT2D eigenvalue weighted by Crippen LogP contribution is -2.56. The smallest absolute Gasteiger partial charge is 0.378 e. The number of alkyl halides is 6. The molecule has 2 heterocycles. The number of aliphatic hydroxyl groups excluding tert-OH is 1. The average molecular weight is 522 g/mol. The summed E-state index contributed by atoms with van der Waals surface area (Å²) >= 11 is 0. The average Bonchev–Trinajstić information content (AvgIpc) is 3.26. The highest BCUT2D eigenvalue weighted by Gasteiger charge is 2.37. The third-order valence-corrected chi connectivity index (χ3v) is 5.33. The minimum atomic E-state index is -5.01. The number of benzene rings is 1. The number of nitrogens with zero attached hydrogens (tertiary/aromatic N) is 4. The second-order valence-corrected chi connectivity index (χ2v) is 8.24. The Bertz CT molecular complexity index is 1040. The van der Waals surface area contributed by atoms with Crippen LogP contribution in [-0.4, -0.2) is 68.7 Å². The van der Waals surface area contributed by atoms with Gasteiger partial charge in [0.15, 0.2) is 5.82 Å². The molecule has 0 bridgehead atoms. The minimum absolute atomic E-state index is 0.00648. The first-order valence-corrected chi connectivity index (χ1v) is 10.7. The van der Waals surface area contributed by atoms with E-state index < -0.39 is 47.0 Å². The maximum Gasteiger partial charge on any atom is 0.416 e. The summed E-state index contributed by atoms with van der Waals surface area (Å²) in [4.78, 5) is 17.8. The van der Waals surface area contributed by atoms with Crippen molar-refractivity contribution < 1.29 is 41.0 Å². The zero-order valence-electron chi connectivity index (χ0n) is 19.1. The molecule has 3 unspecified atom stereocenters. The van der Waals surface area contributed by atoms with E-state index in [-0.39, 0.29) is 24.7 Å². The Hall–Kier alpha value is -3.01. The molecule has 1 amide bonds. The first-order valence-electron chi connectivity index (χ1n) is 10.7. The van der Waals surface area contributed by atoms with Crippen molar-refractivity contribution in [2.45, 2.75) is 44.5 Å². The normalized spacial score (nSPS) is 20.6. The Balaban J connectivity index is 1.62. The maximum atomic E-state index is 13.1. The van der Waals surface area contributed by atoms with Crippen molar-refractivity contribution in [1.29, 1.82) is 0 Å². The van der Waals surface area contributed by atoms with E-state index in [1.54, 1.807) is 0 Å². The Labute approximate surface area is 201 Å². The number of halogens is 6. The molecule has 0 saturated carbocycles. The maximum absolute atomic E-state index is 13.1. The third kappa shape index (κ3) is 7.25. The predicted octanol–water partition coefficient (Wildman–Crippen LogP) is 2.50. The number of hydrogen-bond acceptors (Lipinski definition) is 7. The van der Waals surface area contributed by atoms with E-state index in [0.717, 1.165) is 23.3 Å². The molecule has 0 spiro atoms. The number of β-amino-alcohol motifs (C(OH)–C–C–N with tert-alkyl or cyclic N) is 1. The summed E-state index contributed by atoms with van der Waals surface area (Å²) in [6.45, 7) is 5.14. The van der Waals surface area contributed by atoms with Gasteiger partial charge in [-0.25, -0.2) is 15.1 Å². The number of rotatable bonds is 7. The van der Waals surface area contributed by atoms with Crippen molar-refractivity contribution in [3.05, 3.63) is 41.7 Å². The highest BCUT2D eigenvalue weighted by atomic mass is 19.4. The van der Waals surface area contributed by atoms with E-state index in [0.29, 0.717) is 25.3 Å². The van der Waals surface area contributed by atoms with Crippen LogP contribution in [0.1, 0.15) is 25.0 Å². The van der Waals surface area contributed by atoms with Crippen LogP contribution in [0.5, 0.6) is 0 Å². The molecule has 1 fully saturated rings. The number of morpholine rings is 1. The zero-order chi connectivity index (χ0) is 26.7. The molecule has 15 heteroatoms. The Morgan fingerprint density at radius 2 is 1.72 bits per heavy atom. The van der Waals surface area contributed by atoms with Crippen LogP contribution in [-0.2, 0) is 21.9 Å². The van der Waals surface area contributed by atoms with E-state index in [4.69, 9.17) is 4.74 Å². The number of nitrogens with one attached hydrogen (secondary N) is 2. The molecule has 0 aliphatic carbocycles. The molecule has 1 saturated heterocycles. The highest BCUT2D eigenvalue weighted by molar-refractivity contribution is 5.89. The van der Waals surface area contributed by atoms with Crippen molar-refractivity contribution >= 4 is 12.1 Å². The van der Waals surface area contributed by atoms with Crippen molar-refractivity contribution in [3.63, 3.8) is 0 Å². The van der Waals surface area contributed by atoms with E-state index in [1.807, 2.05) is 18.7 Å². The van der Waals surface area contributed by atoms with Crippen molar-refractivity contribution in [1.82, 2.24) is 30.5 Å². The van der Waals surface area contributed by atoms with Crippen LogP contribution in [0.15, 0.2) is 30.6 Å². The number of carbonyl (C=O) groups is 1. The Morgan fingerprint density at radius 3 is 2.28 bits per heavy atom. The quantitative estimate of drug-likeness (QED) is 0.222. The third-order valence-electron chi connectivity index (χ3n) is 5.33. The summed E-state index contributed by atoms with van der Waals surface area (Å²) in [5, 5.41) is 13.9. The fourth-order valence-electron chi connectivity index (χ4n) is 3.54. The van der Waals surface area contributed by atoms with Gasteiger partial charge in [0.25, 0.3) is 5.91 Å². The van der Waals surface area contributed by atoms with Crippen LogP contribution < -0.4 is 10.9 Å². The van der Waals surface area contributed by atoms with Gasteiger partial charge in [-0.05, 0) is 32.0 Å². The van der Waals surface area contributed by atoms with Gasteiger partial charge in [0.05, 0.1) is 24.3 Å². The van der Waals surface area contributed by atoms with Gasteiger partial charge in [-0.2, -0.15) is 26.3 Å². The van der Waals surface area contributed by atoms with E-state index >= 15 is 0 Å². The number of carbonyl (C=O) groups excluding carboxylic acids is 1. The minimum Gasteiger partial charge on any atom is -0.378 e. The van der Waals surface area contributed by atoms with Gasteiger partial charge in [0.1, 0.15) is 12.6 Å². The predicted molar refractivity (Wildman–Crippen MR) is 115 cm³/mol. The van der Waals surface area contributed by atoms with Crippen LogP contribution in [0.2, 0.25) is 0 Å². The van der Waals surface area contributed by atoms with Gasteiger partial charge in [0, 0.05) is 36.5 Å². The van der Waals surface area contributed by atoms with E-state index in [9.17, 15) is 36.2 Å². The highest BCUT2D eigenvalue weighted by Crippen LogP contribution is 2.38. The van der Waals surface area contributed by atoms with Gasteiger partial charge in [-0.3, -0.25) is 15.1 Å². The number of hydrazine groups is 1. The number of aliphatic hydroxyl groups is 1. The molecule has 198 valence electrons. The standard InChI is InChI=1S/C21H24F6N6O3/c1-12-9-36-10-13(2)33(12)8-18(35)30-29-17(34)3-4-32-11-28-19(31-32)14-5-15(20(22,23)24)7-16(6-14)21(25,26)27/h3-7,11-13,18,30,35H,8-10H2,1-2H3,(H,29,34)/b4-3-. The summed E-state index contributed by atoms with van der Waals surface area (Å²) in [6, 6.07) is 1.17. The molecular formula is C21H24F6N6O3. The largest absolute Gasteiger partial charge is 0.416 e. The topological polar surface area (TPSA) is 105 Å². The molecule has 3 N–H and O–H groups in total. The molecular weight excluding hydrogens is 498 g/mol. The van der Waals surface area contributed by atoms with Crippen LogP contribution in [0.3, 0.4) is 0 Å². The Morgan fingerprint density at radius 1 is 1.14 bits per heavy atom. The fraction of sp³-hybridized carbons (Fsp3) is 0.476. The SMILES string of the molecule is CC1COCC(C)N1CC(O)NNC(=O)/C=C\n1cnc(-c2cc(C(F)(F)F)cc(C(F)(F)F)c2)n1. The van der Waals surface area contributed by atoms with Crippen LogP contribution >= 0.6 is 0 Å². The van der Waals surface area contributed by atoms with Crippen LogP contribution in [0.4, 0.5) is 26.3 Å². The summed E-state index contributed by atoms with van der Waals surface area (Å²) < 4.78 is 84.7. The second-order valence-electron chi connectivity index (χ2n) is 8.24. The number of aromatic nitrogens is 3. The van der Waals surface area contributed by atoms with Gasteiger partial charge in [-0.15, -0.1) is 5.10 Å². The summed E-state index contributed by atoms with van der Waals surface area (Å²) in [7, 11) is 0. The summed E-state index contributed by atoms with van der Waals surface area (Å²) in [5.74, 6) is -1.11. The molecule has 3 atom stereocenters. The molecule has 36 heavy (non-hydrogen) atoms. The van der Waals surface area contributed by atoms with Gasteiger partial charge >= 0.3 is 12.4 Å². The Kier molecular flexibility index (Phi) is 8.38.